The SMILES string of the molecule is CCC1CCC2(CC1)CCN(C(=O)c1ccc(C#N)cc1)CC2.N=C(N)c1ccc(C(=O)N2CCC3(CCC(CC(=O)O)CC3)CC2)cc1. The topological polar surface area (TPSA) is 152 Å². The van der Waals surface area contributed by atoms with Crippen LogP contribution in [0.1, 0.15) is 129 Å². The lowest BCUT2D eigenvalue weighted by molar-refractivity contribution is -0.138. The molecule has 9 nitrogen and oxygen atoms in total. The van der Waals surface area contributed by atoms with Crippen molar-refractivity contribution in [2.45, 2.75) is 96.8 Å². The lowest BCUT2D eigenvalue weighted by Crippen LogP contribution is -2.44. The molecule has 2 saturated carbocycles. The summed E-state index contributed by atoms with van der Waals surface area (Å²) in [5.74, 6) is 0.710. The molecule has 2 spiro atoms. The van der Waals surface area contributed by atoms with Crippen LogP contribution in [0.15, 0.2) is 48.5 Å². The zero-order valence-electron chi connectivity index (χ0n) is 29.1. The van der Waals surface area contributed by atoms with E-state index in [1.807, 2.05) is 9.80 Å². The van der Waals surface area contributed by atoms with Gasteiger partial charge >= 0.3 is 5.97 Å². The average Bonchev–Trinajstić information content (AvgIpc) is 3.13. The smallest absolute Gasteiger partial charge is 0.303 e. The Morgan fingerprint density at radius 2 is 1.12 bits per heavy atom. The van der Waals surface area contributed by atoms with Crippen molar-refractivity contribution in [3.05, 3.63) is 70.8 Å². The first-order valence-electron chi connectivity index (χ1n) is 18.3. The van der Waals surface area contributed by atoms with E-state index in [0.717, 1.165) is 83.5 Å². The summed E-state index contributed by atoms with van der Waals surface area (Å²) >= 11 is 0. The fourth-order valence-electron chi connectivity index (χ4n) is 8.65. The monoisotopic (exact) mass is 667 g/mol. The molecule has 2 heterocycles. The lowest BCUT2D eigenvalue weighted by Gasteiger charge is -2.46. The van der Waals surface area contributed by atoms with E-state index in [1.165, 1.54) is 32.1 Å². The molecule has 2 aromatic rings. The second-order valence-corrected chi connectivity index (χ2v) is 15.2. The Kier molecular flexibility index (Phi) is 11.8. The van der Waals surface area contributed by atoms with E-state index in [-0.39, 0.29) is 24.1 Å². The van der Waals surface area contributed by atoms with Crippen molar-refractivity contribution in [3.63, 3.8) is 0 Å². The maximum atomic E-state index is 12.7. The van der Waals surface area contributed by atoms with Crippen molar-refractivity contribution in [2.24, 2.45) is 28.4 Å². The summed E-state index contributed by atoms with van der Waals surface area (Å²) < 4.78 is 0. The van der Waals surface area contributed by atoms with Gasteiger partial charge < -0.3 is 20.6 Å². The maximum Gasteiger partial charge on any atom is 0.303 e. The van der Waals surface area contributed by atoms with Crippen LogP contribution in [-0.2, 0) is 4.79 Å². The Balaban J connectivity index is 0.000000192. The summed E-state index contributed by atoms with van der Waals surface area (Å²) in [7, 11) is 0. The molecule has 0 radical (unpaired) electrons. The van der Waals surface area contributed by atoms with Gasteiger partial charge in [-0.1, -0.05) is 25.5 Å². The van der Waals surface area contributed by atoms with E-state index in [0.29, 0.717) is 39.0 Å². The number of aliphatic carboxylic acids is 1. The zero-order valence-corrected chi connectivity index (χ0v) is 29.1. The van der Waals surface area contributed by atoms with E-state index in [1.54, 1.807) is 48.5 Å². The van der Waals surface area contributed by atoms with Crippen molar-refractivity contribution in [1.29, 1.82) is 10.7 Å². The first-order chi connectivity index (χ1) is 23.5. The minimum absolute atomic E-state index is 0.00224. The number of hydrogen-bond donors (Lipinski definition) is 3. The number of nitrogens with zero attached hydrogens (tertiary/aromatic N) is 3. The highest BCUT2D eigenvalue weighted by Crippen LogP contribution is 2.48. The molecule has 4 N–H and O–H groups in total. The molecule has 0 atom stereocenters. The van der Waals surface area contributed by atoms with E-state index >= 15 is 0 Å². The van der Waals surface area contributed by atoms with Crippen LogP contribution < -0.4 is 5.73 Å². The summed E-state index contributed by atoms with van der Waals surface area (Å²) in [5.41, 5.74) is 8.82. The van der Waals surface area contributed by atoms with Gasteiger partial charge in [0.1, 0.15) is 5.84 Å². The van der Waals surface area contributed by atoms with Crippen molar-refractivity contribution in [2.75, 3.05) is 26.2 Å². The van der Waals surface area contributed by atoms with Crippen LogP contribution in [0, 0.1) is 39.4 Å². The number of likely N-dealkylation sites (tertiary alicyclic amines) is 2. The molecule has 0 bridgehead atoms. The number of nitrogen functional groups attached to an aromatic ring is 1. The van der Waals surface area contributed by atoms with Crippen LogP contribution in [0.5, 0.6) is 0 Å². The lowest BCUT2D eigenvalue weighted by atomic mass is 9.65. The fraction of sp³-hybridized carbons (Fsp3) is 0.575. The highest BCUT2D eigenvalue weighted by molar-refractivity contribution is 5.98. The van der Waals surface area contributed by atoms with Gasteiger partial charge in [-0.05, 0) is 136 Å². The molecule has 49 heavy (non-hydrogen) atoms. The van der Waals surface area contributed by atoms with E-state index in [2.05, 4.69) is 13.0 Å². The number of hydrogen-bond acceptors (Lipinski definition) is 5. The zero-order chi connectivity index (χ0) is 35.0. The predicted molar refractivity (Wildman–Crippen MR) is 190 cm³/mol. The van der Waals surface area contributed by atoms with Gasteiger partial charge in [-0.3, -0.25) is 19.8 Å². The van der Waals surface area contributed by atoms with Crippen LogP contribution in [0.25, 0.3) is 0 Å². The molecule has 2 saturated heterocycles. The third-order valence-corrected chi connectivity index (χ3v) is 12.3. The molecule has 2 aromatic carbocycles. The van der Waals surface area contributed by atoms with E-state index in [9.17, 15) is 14.4 Å². The van der Waals surface area contributed by atoms with Crippen molar-refractivity contribution >= 4 is 23.6 Å². The number of carbonyl (C=O) groups excluding carboxylic acids is 2. The molecular weight excluding hydrogens is 614 g/mol. The summed E-state index contributed by atoms with van der Waals surface area (Å²) in [5, 5.41) is 25.2. The Morgan fingerprint density at radius 3 is 1.49 bits per heavy atom. The standard InChI is InChI=1S/C20H27N3O3.C20H26N2O/c21-18(22)15-1-3-16(4-2-15)19(26)23-11-9-20(10-12-23)7-5-14(6-8-20)13-17(24)25;1-2-16-7-9-20(10-8-16)11-13-22(14-12-20)19(23)18-5-3-17(15-21)4-6-18/h1-4,14H,5-13H2,(H3,21,22)(H,24,25);3-6,16H,2,7-14H2,1H3. The van der Waals surface area contributed by atoms with Gasteiger partial charge in [0.05, 0.1) is 11.6 Å². The van der Waals surface area contributed by atoms with Gasteiger partial charge in [0.15, 0.2) is 0 Å². The molecule has 0 aromatic heterocycles. The molecule has 2 amide bonds. The van der Waals surface area contributed by atoms with Crippen LogP contribution in [-0.4, -0.2) is 64.7 Å². The molecule has 0 unspecified atom stereocenters. The van der Waals surface area contributed by atoms with Crippen LogP contribution in [0.4, 0.5) is 0 Å². The molecule has 262 valence electrons. The number of carboxylic acid groups (broad SMARTS) is 1. The number of nitrogens with one attached hydrogen (secondary N) is 1. The van der Waals surface area contributed by atoms with E-state index < -0.39 is 5.97 Å². The molecule has 4 fully saturated rings. The second kappa shape index (κ2) is 16.0. The molecule has 9 heteroatoms. The summed E-state index contributed by atoms with van der Waals surface area (Å²) in [4.78, 5) is 40.1. The quantitative estimate of drug-likeness (QED) is 0.218. The Labute approximate surface area is 291 Å². The van der Waals surface area contributed by atoms with Crippen molar-refractivity contribution < 1.29 is 19.5 Å². The number of rotatable bonds is 6. The van der Waals surface area contributed by atoms with Crippen LogP contribution in [0.3, 0.4) is 0 Å². The van der Waals surface area contributed by atoms with Gasteiger partial charge in [-0.15, -0.1) is 0 Å². The molecule has 2 aliphatic heterocycles. The number of nitriles is 1. The number of amidine groups is 1. The fourth-order valence-corrected chi connectivity index (χ4v) is 8.65. The van der Waals surface area contributed by atoms with Crippen molar-refractivity contribution in [1.82, 2.24) is 9.80 Å². The van der Waals surface area contributed by atoms with Crippen LogP contribution >= 0.6 is 0 Å². The molecule has 4 aliphatic rings. The second-order valence-electron chi connectivity index (χ2n) is 15.2. The first-order valence-corrected chi connectivity index (χ1v) is 18.3. The number of benzene rings is 2. The summed E-state index contributed by atoms with van der Waals surface area (Å²) in [6, 6.07) is 16.0. The minimum Gasteiger partial charge on any atom is -0.481 e. The normalized spacial score (nSPS) is 20.6. The molecular formula is C40H53N5O4. The van der Waals surface area contributed by atoms with Gasteiger partial charge in [0.25, 0.3) is 11.8 Å². The average molecular weight is 668 g/mol. The molecule has 6 rings (SSSR count). The van der Waals surface area contributed by atoms with Gasteiger partial charge in [-0.25, -0.2) is 0 Å². The van der Waals surface area contributed by atoms with Crippen LogP contribution in [0.2, 0.25) is 0 Å². The largest absolute Gasteiger partial charge is 0.481 e. The van der Waals surface area contributed by atoms with Gasteiger partial charge in [-0.2, -0.15) is 5.26 Å². The highest BCUT2D eigenvalue weighted by atomic mass is 16.4. The Hall–Kier alpha value is -4.19. The number of nitrogens with two attached hydrogens (primary N) is 1. The number of piperidine rings is 2. The number of carbonyl (C=O) groups is 3. The highest BCUT2D eigenvalue weighted by Gasteiger charge is 2.40. The Bertz CT molecular complexity index is 1490. The molecule has 2 aliphatic carbocycles. The van der Waals surface area contributed by atoms with Gasteiger partial charge in [0.2, 0.25) is 0 Å². The van der Waals surface area contributed by atoms with Gasteiger partial charge in [0, 0.05) is 49.3 Å². The number of amides is 2. The Morgan fingerprint density at radius 1 is 0.735 bits per heavy atom. The summed E-state index contributed by atoms with van der Waals surface area (Å²) in [6.45, 7) is 5.60. The maximum absolute atomic E-state index is 12.7. The third-order valence-electron chi connectivity index (χ3n) is 12.3. The minimum atomic E-state index is -0.692. The third kappa shape index (κ3) is 9.09. The summed E-state index contributed by atoms with van der Waals surface area (Å²) in [6.07, 6.45) is 15.5. The predicted octanol–water partition coefficient (Wildman–Crippen LogP) is 7.24. The van der Waals surface area contributed by atoms with Crippen molar-refractivity contribution in [3.8, 4) is 6.07 Å². The first kappa shape index (κ1) is 36.1. The number of carboxylic acids is 1. The van der Waals surface area contributed by atoms with E-state index in [4.69, 9.17) is 21.5 Å².